The fourth-order valence-corrected chi connectivity index (χ4v) is 2.58. The van der Waals surface area contributed by atoms with Gasteiger partial charge in [0.2, 0.25) is 5.91 Å². The lowest BCUT2D eigenvalue weighted by Crippen LogP contribution is -2.28. The van der Waals surface area contributed by atoms with Crippen LogP contribution in [0.1, 0.15) is 43.5 Å². The first-order valence-electron chi connectivity index (χ1n) is 10.1. The van der Waals surface area contributed by atoms with E-state index in [1.165, 1.54) is 0 Å². The van der Waals surface area contributed by atoms with Gasteiger partial charge in [-0.15, -0.1) is 0 Å². The number of likely N-dealkylation sites (N-methyl/N-ethyl adjacent to an activating group) is 1. The predicted octanol–water partition coefficient (Wildman–Crippen LogP) is 3.59. The van der Waals surface area contributed by atoms with Crippen LogP contribution < -0.4 is 20.1 Å². The molecule has 2 aromatic rings. The lowest BCUT2D eigenvalue weighted by Gasteiger charge is -2.08. The number of Topliss-reactive ketones (excluding diaryl/α,β-unsaturated/α-hetero) is 1. The highest BCUT2D eigenvalue weighted by Crippen LogP contribution is 2.17. The first-order valence-corrected chi connectivity index (χ1v) is 10.1. The molecule has 7 nitrogen and oxygen atoms in total. The lowest BCUT2D eigenvalue weighted by molar-refractivity contribution is -0.123. The largest absolute Gasteiger partial charge is 0.494 e. The third kappa shape index (κ3) is 7.95. The quantitative estimate of drug-likeness (QED) is 0.520. The molecule has 2 aromatic carbocycles. The van der Waals surface area contributed by atoms with E-state index in [0.717, 1.165) is 12.2 Å². The van der Waals surface area contributed by atoms with E-state index in [1.54, 1.807) is 48.5 Å². The molecule has 7 heteroatoms. The smallest absolute Gasteiger partial charge is 0.257 e. The third-order valence-corrected chi connectivity index (χ3v) is 4.11. The summed E-state index contributed by atoms with van der Waals surface area (Å²) in [7, 11) is 0. The molecular formula is C23H28N2O5. The van der Waals surface area contributed by atoms with E-state index in [0.29, 0.717) is 30.2 Å². The maximum Gasteiger partial charge on any atom is 0.257 e. The molecule has 0 fully saturated rings. The minimum absolute atomic E-state index is 0.0621. The Kier molecular flexibility index (Phi) is 9.37. The van der Waals surface area contributed by atoms with E-state index in [-0.39, 0.29) is 37.0 Å². The van der Waals surface area contributed by atoms with Gasteiger partial charge in [-0.05, 0) is 61.9 Å². The van der Waals surface area contributed by atoms with Crippen LogP contribution >= 0.6 is 0 Å². The summed E-state index contributed by atoms with van der Waals surface area (Å²) in [5.74, 6) is 0.719. The highest BCUT2D eigenvalue weighted by Gasteiger charge is 2.10. The molecule has 0 aliphatic carbocycles. The van der Waals surface area contributed by atoms with E-state index in [2.05, 4.69) is 10.6 Å². The standard InChI is InChI=1S/C23H28N2O5/c1-3-15-29-19-9-5-17(6-10-19)21(26)13-14-22(27)25-18-7-11-20(12-8-18)30-16-23(28)24-4-2/h5-12H,3-4,13-16H2,1-2H3,(H,24,28)(H,25,27). The normalized spacial score (nSPS) is 10.2. The lowest BCUT2D eigenvalue weighted by atomic mass is 10.1. The van der Waals surface area contributed by atoms with E-state index in [9.17, 15) is 14.4 Å². The molecule has 0 saturated carbocycles. The maximum absolute atomic E-state index is 12.3. The second kappa shape index (κ2) is 12.3. The molecule has 0 aliphatic heterocycles. The molecule has 0 bridgehead atoms. The Morgan fingerprint density at radius 1 is 0.800 bits per heavy atom. The number of nitrogens with one attached hydrogen (secondary N) is 2. The molecule has 2 rings (SSSR count). The van der Waals surface area contributed by atoms with Crippen molar-refractivity contribution in [3.63, 3.8) is 0 Å². The topological polar surface area (TPSA) is 93.7 Å². The molecular weight excluding hydrogens is 384 g/mol. The number of benzene rings is 2. The van der Waals surface area contributed by atoms with Crippen molar-refractivity contribution in [1.82, 2.24) is 5.32 Å². The van der Waals surface area contributed by atoms with Gasteiger partial charge in [-0.2, -0.15) is 0 Å². The summed E-state index contributed by atoms with van der Waals surface area (Å²) in [5, 5.41) is 5.39. The van der Waals surface area contributed by atoms with Crippen LogP contribution in [0.25, 0.3) is 0 Å². The minimum atomic E-state index is -0.248. The van der Waals surface area contributed by atoms with Crippen molar-refractivity contribution in [2.75, 3.05) is 25.1 Å². The Morgan fingerprint density at radius 3 is 2.07 bits per heavy atom. The van der Waals surface area contributed by atoms with Gasteiger partial charge in [-0.3, -0.25) is 14.4 Å². The number of hydrogen-bond donors (Lipinski definition) is 2. The van der Waals surface area contributed by atoms with Crippen LogP contribution in [0, 0.1) is 0 Å². The molecule has 0 spiro atoms. The molecule has 0 aromatic heterocycles. The predicted molar refractivity (Wildman–Crippen MR) is 115 cm³/mol. The number of carbonyl (C=O) groups excluding carboxylic acids is 3. The summed E-state index contributed by atoms with van der Waals surface area (Å²) in [6.45, 7) is 4.98. The van der Waals surface area contributed by atoms with Crippen molar-refractivity contribution in [3.05, 3.63) is 54.1 Å². The number of ether oxygens (including phenoxy) is 2. The average molecular weight is 412 g/mol. The summed E-state index contributed by atoms with van der Waals surface area (Å²) >= 11 is 0. The Morgan fingerprint density at radius 2 is 1.43 bits per heavy atom. The fraction of sp³-hybridized carbons (Fsp3) is 0.348. The van der Waals surface area contributed by atoms with Crippen molar-refractivity contribution in [1.29, 1.82) is 0 Å². The second-order valence-corrected chi connectivity index (χ2v) is 6.61. The van der Waals surface area contributed by atoms with Crippen molar-refractivity contribution >= 4 is 23.3 Å². The van der Waals surface area contributed by atoms with Crippen molar-refractivity contribution in [2.45, 2.75) is 33.1 Å². The molecule has 30 heavy (non-hydrogen) atoms. The maximum atomic E-state index is 12.3. The van der Waals surface area contributed by atoms with Crippen LogP contribution in [0.2, 0.25) is 0 Å². The summed E-state index contributed by atoms with van der Waals surface area (Å²) in [6, 6.07) is 13.7. The first kappa shape index (κ1) is 22.9. The monoisotopic (exact) mass is 412 g/mol. The van der Waals surface area contributed by atoms with Crippen molar-refractivity contribution in [2.24, 2.45) is 0 Å². The van der Waals surface area contributed by atoms with E-state index in [1.807, 2.05) is 13.8 Å². The molecule has 160 valence electrons. The van der Waals surface area contributed by atoms with Crippen LogP contribution in [-0.4, -0.2) is 37.4 Å². The van der Waals surface area contributed by atoms with Gasteiger partial charge in [0.1, 0.15) is 11.5 Å². The van der Waals surface area contributed by atoms with Gasteiger partial charge in [0.05, 0.1) is 6.61 Å². The van der Waals surface area contributed by atoms with Gasteiger partial charge in [-0.1, -0.05) is 6.92 Å². The number of rotatable bonds is 12. The van der Waals surface area contributed by atoms with Crippen LogP contribution in [0.15, 0.2) is 48.5 Å². The van der Waals surface area contributed by atoms with Gasteiger partial charge < -0.3 is 20.1 Å². The number of amides is 2. The number of carbonyl (C=O) groups is 3. The molecule has 0 radical (unpaired) electrons. The SMILES string of the molecule is CCCOc1ccc(C(=O)CCC(=O)Nc2ccc(OCC(=O)NCC)cc2)cc1. The number of ketones is 1. The molecule has 0 heterocycles. The zero-order valence-electron chi connectivity index (χ0n) is 17.4. The molecule has 0 unspecified atom stereocenters. The molecule has 0 saturated heterocycles. The van der Waals surface area contributed by atoms with Crippen LogP contribution in [-0.2, 0) is 9.59 Å². The van der Waals surface area contributed by atoms with Crippen molar-refractivity contribution < 1.29 is 23.9 Å². The Labute approximate surface area is 176 Å². The first-order chi connectivity index (χ1) is 14.5. The highest BCUT2D eigenvalue weighted by molar-refractivity contribution is 6.00. The van der Waals surface area contributed by atoms with E-state index in [4.69, 9.17) is 9.47 Å². The zero-order valence-corrected chi connectivity index (χ0v) is 17.4. The zero-order chi connectivity index (χ0) is 21.8. The highest BCUT2D eigenvalue weighted by atomic mass is 16.5. The van der Waals surface area contributed by atoms with Gasteiger partial charge in [0, 0.05) is 30.6 Å². The molecule has 2 N–H and O–H groups in total. The van der Waals surface area contributed by atoms with Gasteiger partial charge in [-0.25, -0.2) is 0 Å². The van der Waals surface area contributed by atoms with Crippen LogP contribution in [0.3, 0.4) is 0 Å². The van der Waals surface area contributed by atoms with Gasteiger partial charge >= 0.3 is 0 Å². The summed E-state index contributed by atoms with van der Waals surface area (Å²) < 4.78 is 10.9. The van der Waals surface area contributed by atoms with Crippen LogP contribution in [0.5, 0.6) is 11.5 Å². The third-order valence-electron chi connectivity index (χ3n) is 4.11. The second-order valence-electron chi connectivity index (χ2n) is 6.61. The fourth-order valence-electron chi connectivity index (χ4n) is 2.58. The summed E-state index contributed by atoms with van der Waals surface area (Å²) in [6.07, 6.45) is 1.12. The molecule has 2 amide bonds. The van der Waals surface area contributed by atoms with Crippen LogP contribution in [0.4, 0.5) is 5.69 Å². The average Bonchev–Trinajstić information content (AvgIpc) is 2.76. The Bertz CT molecular complexity index is 832. The summed E-state index contributed by atoms with van der Waals surface area (Å²) in [4.78, 5) is 35.8. The number of anilines is 1. The van der Waals surface area contributed by atoms with Gasteiger partial charge in [0.15, 0.2) is 12.4 Å². The van der Waals surface area contributed by atoms with Crippen molar-refractivity contribution in [3.8, 4) is 11.5 Å². The Hall–Kier alpha value is -3.35. The minimum Gasteiger partial charge on any atom is -0.494 e. The Balaban J connectivity index is 1.75. The molecule has 0 aliphatic rings. The van der Waals surface area contributed by atoms with E-state index >= 15 is 0 Å². The number of hydrogen-bond acceptors (Lipinski definition) is 5. The summed E-state index contributed by atoms with van der Waals surface area (Å²) in [5.41, 5.74) is 1.15. The van der Waals surface area contributed by atoms with E-state index < -0.39 is 0 Å². The van der Waals surface area contributed by atoms with Gasteiger partial charge in [0.25, 0.3) is 5.91 Å². The molecule has 0 atom stereocenters.